The number of carbonyl (C=O) groups is 2. The SMILES string of the molecule is CCc1ccc(-c2ccc3c(c2)CCC2(CC2)[C@]3(C=O)NC(=O)O)cc1. The summed E-state index contributed by atoms with van der Waals surface area (Å²) < 4.78 is 0. The molecule has 1 fully saturated rings. The molecule has 1 saturated carbocycles. The third kappa shape index (κ3) is 2.44. The van der Waals surface area contributed by atoms with Crippen molar-refractivity contribution in [1.29, 1.82) is 0 Å². The lowest BCUT2D eigenvalue weighted by atomic mass is 9.67. The summed E-state index contributed by atoms with van der Waals surface area (Å²) in [6, 6.07) is 14.6. The smallest absolute Gasteiger partial charge is 0.405 e. The highest BCUT2D eigenvalue weighted by Crippen LogP contribution is 2.63. The first-order valence-electron chi connectivity index (χ1n) is 9.24. The number of rotatable bonds is 4. The summed E-state index contributed by atoms with van der Waals surface area (Å²) in [7, 11) is 0. The van der Waals surface area contributed by atoms with Gasteiger partial charge < -0.3 is 15.2 Å². The summed E-state index contributed by atoms with van der Waals surface area (Å²) in [5.41, 5.74) is 4.08. The Morgan fingerprint density at radius 1 is 1.12 bits per heavy atom. The number of hydrogen-bond donors (Lipinski definition) is 2. The van der Waals surface area contributed by atoms with E-state index in [2.05, 4.69) is 42.6 Å². The first kappa shape index (κ1) is 16.8. The van der Waals surface area contributed by atoms with E-state index in [1.807, 2.05) is 12.1 Å². The van der Waals surface area contributed by atoms with Crippen molar-refractivity contribution in [3.05, 3.63) is 59.2 Å². The van der Waals surface area contributed by atoms with Gasteiger partial charge in [-0.1, -0.05) is 49.4 Å². The van der Waals surface area contributed by atoms with Gasteiger partial charge in [0.15, 0.2) is 6.29 Å². The topological polar surface area (TPSA) is 66.4 Å². The van der Waals surface area contributed by atoms with Crippen LogP contribution < -0.4 is 5.32 Å². The highest BCUT2D eigenvalue weighted by molar-refractivity contribution is 5.81. The van der Waals surface area contributed by atoms with E-state index in [4.69, 9.17) is 0 Å². The van der Waals surface area contributed by atoms with Crippen molar-refractivity contribution in [2.75, 3.05) is 0 Å². The molecule has 1 amide bonds. The Labute approximate surface area is 153 Å². The minimum Gasteiger partial charge on any atom is -0.465 e. The molecule has 1 atom stereocenters. The van der Waals surface area contributed by atoms with Gasteiger partial charge in [0.05, 0.1) is 0 Å². The van der Waals surface area contributed by atoms with Crippen LogP contribution in [0.15, 0.2) is 42.5 Å². The van der Waals surface area contributed by atoms with E-state index >= 15 is 0 Å². The number of aryl methyl sites for hydroxylation is 2. The fourth-order valence-electron chi connectivity index (χ4n) is 4.54. The molecule has 1 spiro atoms. The van der Waals surface area contributed by atoms with Crippen molar-refractivity contribution in [2.24, 2.45) is 5.41 Å². The lowest BCUT2D eigenvalue weighted by molar-refractivity contribution is -0.116. The zero-order valence-corrected chi connectivity index (χ0v) is 14.9. The molecule has 4 rings (SSSR count). The third-order valence-corrected chi connectivity index (χ3v) is 6.27. The maximum Gasteiger partial charge on any atom is 0.405 e. The summed E-state index contributed by atoms with van der Waals surface area (Å²) >= 11 is 0. The summed E-state index contributed by atoms with van der Waals surface area (Å²) in [6.45, 7) is 2.13. The molecule has 2 aromatic carbocycles. The Balaban J connectivity index is 1.78. The molecule has 4 heteroatoms. The molecule has 0 aromatic heterocycles. The molecule has 0 radical (unpaired) electrons. The Hall–Kier alpha value is -2.62. The first-order chi connectivity index (χ1) is 12.5. The van der Waals surface area contributed by atoms with Gasteiger partial charge in [-0.25, -0.2) is 4.79 Å². The fourth-order valence-corrected chi connectivity index (χ4v) is 4.54. The quantitative estimate of drug-likeness (QED) is 0.809. The van der Waals surface area contributed by atoms with Crippen LogP contribution in [0.3, 0.4) is 0 Å². The van der Waals surface area contributed by atoms with Gasteiger partial charge in [-0.3, -0.25) is 0 Å². The molecule has 26 heavy (non-hydrogen) atoms. The van der Waals surface area contributed by atoms with Crippen molar-refractivity contribution >= 4 is 12.4 Å². The average Bonchev–Trinajstić information content (AvgIpc) is 3.45. The molecule has 2 aliphatic carbocycles. The van der Waals surface area contributed by atoms with Crippen LogP contribution in [-0.4, -0.2) is 17.5 Å². The second-order valence-corrected chi connectivity index (χ2v) is 7.56. The Morgan fingerprint density at radius 3 is 2.38 bits per heavy atom. The predicted octanol–water partition coefficient (Wildman–Crippen LogP) is 4.30. The first-order valence-corrected chi connectivity index (χ1v) is 9.24. The molecule has 0 heterocycles. The molecule has 0 bridgehead atoms. The van der Waals surface area contributed by atoms with Crippen molar-refractivity contribution in [3.63, 3.8) is 0 Å². The van der Waals surface area contributed by atoms with Gasteiger partial charge in [0, 0.05) is 5.41 Å². The van der Waals surface area contributed by atoms with Crippen LogP contribution in [-0.2, 0) is 23.2 Å². The maximum absolute atomic E-state index is 12.1. The van der Waals surface area contributed by atoms with E-state index in [9.17, 15) is 14.7 Å². The van der Waals surface area contributed by atoms with Gasteiger partial charge in [0.2, 0.25) is 0 Å². The average molecular weight is 349 g/mol. The van der Waals surface area contributed by atoms with E-state index in [0.29, 0.717) is 0 Å². The van der Waals surface area contributed by atoms with Gasteiger partial charge in [-0.15, -0.1) is 0 Å². The minimum atomic E-state index is -1.14. The fraction of sp³-hybridized carbons (Fsp3) is 0.364. The Kier molecular flexibility index (Phi) is 3.87. The van der Waals surface area contributed by atoms with Gasteiger partial charge in [0.1, 0.15) is 5.54 Å². The minimum absolute atomic E-state index is 0.246. The molecular weight excluding hydrogens is 326 g/mol. The van der Waals surface area contributed by atoms with Crippen molar-refractivity contribution in [3.8, 4) is 11.1 Å². The van der Waals surface area contributed by atoms with Gasteiger partial charge in [0.25, 0.3) is 0 Å². The van der Waals surface area contributed by atoms with E-state index in [1.54, 1.807) is 0 Å². The van der Waals surface area contributed by atoms with E-state index in [1.165, 1.54) is 5.56 Å². The van der Waals surface area contributed by atoms with Crippen LogP contribution in [0.2, 0.25) is 0 Å². The number of nitrogens with one attached hydrogen (secondary N) is 1. The molecular formula is C22H23NO3. The largest absolute Gasteiger partial charge is 0.465 e. The van der Waals surface area contributed by atoms with Gasteiger partial charge in [-0.2, -0.15) is 0 Å². The Bertz CT molecular complexity index is 867. The number of hydrogen-bond acceptors (Lipinski definition) is 2. The summed E-state index contributed by atoms with van der Waals surface area (Å²) in [5.74, 6) is 0. The highest BCUT2D eigenvalue weighted by Gasteiger charge is 2.63. The number of benzene rings is 2. The summed E-state index contributed by atoms with van der Waals surface area (Å²) in [5, 5.41) is 11.9. The van der Waals surface area contributed by atoms with Crippen LogP contribution in [0, 0.1) is 5.41 Å². The number of fused-ring (bicyclic) bond motifs is 1. The van der Waals surface area contributed by atoms with Gasteiger partial charge in [-0.05, 0) is 59.9 Å². The Morgan fingerprint density at radius 2 is 1.81 bits per heavy atom. The number of amides is 1. The van der Waals surface area contributed by atoms with E-state index in [-0.39, 0.29) is 5.41 Å². The lowest BCUT2D eigenvalue weighted by Gasteiger charge is -2.42. The second kappa shape index (κ2) is 5.97. The molecule has 4 nitrogen and oxygen atoms in total. The molecule has 134 valence electrons. The van der Waals surface area contributed by atoms with Crippen molar-refractivity contribution in [2.45, 2.75) is 44.6 Å². The normalized spacial score (nSPS) is 22.5. The summed E-state index contributed by atoms with van der Waals surface area (Å²) in [6.07, 6.45) is 4.20. The van der Waals surface area contributed by atoms with Crippen molar-refractivity contribution in [1.82, 2.24) is 5.32 Å². The lowest BCUT2D eigenvalue weighted by Crippen LogP contribution is -2.55. The van der Waals surface area contributed by atoms with Crippen LogP contribution in [0.1, 0.15) is 42.9 Å². The van der Waals surface area contributed by atoms with Crippen LogP contribution in [0.5, 0.6) is 0 Å². The number of carbonyl (C=O) groups excluding carboxylic acids is 1. The molecule has 2 aliphatic rings. The van der Waals surface area contributed by atoms with E-state index in [0.717, 1.165) is 60.6 Å². The van der Waals surface area contributed by atoms with E-state index < -0.39 is 11.6 Å². The summed E-state index contributed by atoms with van der Waals surface area (Å²) in [4.78, 5) is 23.6. The third-order valence-electron chi connectivity index (χ3n) is 6.27. The van der Waals surface area contributed by atoms with Gasteiger partial charge >= 0.3 is 6.09 Å². The van der Waals surface area contributed by atoms with Crippen LogP contribution in [0.25, 0.3) is 11.1 Å². The molecule has 0 aliphatic heterocycles. The van der Waals surface area contributed by atoms with Crippen LogP contribution >= 0.6 is 0 Å². The highest BCUT2D eigenvalue weighted by atomic mass is 16.4. The maximum atomic E-state index is 12.1. The van der Waals surface area contributed by atoms with Crippen LogP contribution in [0.4, 0.5) is 4.79 Å². The number of carboxylic acid groups (broad SMARTS) is 1. The second-order valence-electron chi connectivity index (χ2n) is 7.56. The molecule has 2 aromatic rings. The molecule has 0 unspecified atom stereocenters. The number of aldehydes is 1. The monoisotopic (exact) mass is 349 g/mol. The zero-order chi connectivity index (χ0) is 18.4. The standard InChI is InChI=1S/C22H23NO3/c1-2-15-3-5-16(6-4-15)17-7-8-19-18(13-17)9-10-21(11-12-21)22(19,14-24)23-20(25)26/h3-8,13-14,23H,2,9-12H2,1H3,(H,25,26)/t22-/m1/s1. The van der Waals surface area contributed by atoms with Crippen molar-refractivity contribution < 1.29 is 14.7 Å². The molecule has 2 N–H and O–H groups in total. The molecule has 0 saturated heterocycles. The predicted molar refractivity (Wildman–Crippen MR) is 100 cm³/mol. The zero-order valence-electron chi connectivity index (χ0n) is 14.9.